The molecular formula is C9H10N4S. The largest absolute Gasteiger partial charge is 0.371 e. The van der Waals surface area contributed by atoms with Crippen LogP contribution in [-0.2, 0) is 6.42 Å². The van der Waals surface area contributed by atoms with Gasteiger partial charge in [-0.1, -0.05) is 6.07 Å². The third-order valence-electron chi connectivity index (χ3n) is 1.87. The van der Waals surface area contributed by atoms with Crippen molar-refractivity contribution in [2.45, 2.75) is 6.42 Å². The zero-order valence-electron chi connectivity index (χ0n) is 7.77. The number of hydrogen-bond donors (Lipinski definition) is 1. The molecule has 0 aliphatic rings. The van der Waals surface area contributed by atoms with Gasteiger partial charge in [-0.2, -0.15) is 8.75 Å². The molecule has 0 saturated heterocycles. The van der Waals surface area contributed by atoms with E-state index in [0.29, 0.717) is 0 Å². The van der Waals surface area contributed by atoms with Crippen LogP contribution in [0.4, 0.5) is 5.82 Å². The fraction of sp³-hybridized carbons (Fsp3) is 0.222. The van der Waals surface area contributed by atoms with Crippen LogP contribution in [0.25, 0.3) is 0 Å². The molecule has 0 saturated carbocycles. The average Bonchev–Trinajstić information content (AvgIpc) is 2.67. The molecule has 0 unspecified atom stereocenters. The maximum absolute atomic E-state index is 4.24. The first kappa shape index (κ1) is 9.08. The molecule has 0 radical (unpaired) electrons. The Morgan fingerprint density at radius 3 is 3.00 bits per heavy atom. The molecule has 2 aromatic heterocycles. The van der Waals surface area contributed by atoms with Crippen LogP contribution in [0.5, 0.6) is 0 Å². The summed E-state index contributed by atoms with van der Waals surface area (Å²) in [5, 5.41) is 3.00. The number of rotatable bonds is 3. The molecule has 1 N–H and O–H groups in total. The summed E-state index contributed by atoms with van der Waals surface area (Å²) in [6.45, 7) is 0. The molecule has 72 valence electrons. The van der Waals surface area contributed by atoms with E-state index in [1.807, 2.05) is 25.2 Å². The maximum Gasteiger partial charge on any atom is 0.163 e. The van der Waals surface area contributed by atoms with E-state index in [-0.39, 0.29) is 0 Å². The summed E-state index contributed by atoms with van der Waals surface area (Å²) in [5.74, 6) is 0.848. The fourth-order valence-electron chi connectivity index (χ4n) is 1.19. The Balaban J connectivity index is 2.19. The summed E-state index contributed by atoms with van der Waals surface area (Å²) < 4.78 is 8.33. The second-order valence-electron chi connectivity index (χ2n) is 2.81. The number of nitrogens with one attached hydrogen (secondary N) is 1. The molecule has 2 aromatic rings. The van der Waals surface area contributed by atoms with Gasteiger partial charge in [0.15, 0.2) is 5.82 Å². The van der Waals surface area contributed by atoms with Crippen LogP contribution in [0.3, 0.4) is 0 Å². The van der Waals surface area contributed by atoms with Crippen LogP contribution in [0.2, 0.25) is 0 Å². The minimum atomic E-state index is 0.730. The van der Waals surface area contributed by atoms with Crippen molar-refractivity contribution < 1.29 is 0 Å². The lowest BCUT2D eigenvalue weighted by Gasteiger charge is -1.98. The first-order chi connectivity index (χ1) is 6.90. The molecule has 2 rings (SSSR count). The summed E-state index contributed by atoms with van der Waals surface area (Å²) in [7, 11) is 1.85. The summed E-state index contributed by atoms with van der Waals surface area (Å²) in [6, 6.07) is 5.86. The molecule has 0 amide bonds. The Bertz CT molecular complexity index is 398. The van der Waals surface area contributed by atoms with Crippen LogP contribution < -0.4 is 5.32 Å². The van der Waals surface area contributed by atoms with Crippen molar-refractivity contribution in [1.29, 1.82) is 0 Å². The molecule has 0 fully saturated rings. The van der Waals surface area contributed by atoms with E-state index in [9.17, 15) is 0 Å². The van der Waals surface area contributed by atoms with Crippen molar-refractivity contribution in [3.63, 3.8) is 0 Å². The number of anilines is 1. The van der Waals surface area contributed by atoms with E-state index in [1.165, 1.54) is 11.7 Å². The fourth-order valence-corrected chi connectivity index (χ4v) is 1.76. The Kier molecular flexibility index (Phi) is 2.69. The molecule has 4 nitrogen and oxygen atoms in total. The van der Waals surface area contributed by atoms with Crippen molar-refractivity contribution >= 4 is 17.5 Å². The summed E-state index contributed by atoms with van der Waals surface area (Å²) in [6.07, 6.45) is 2.52. The Hall–Kier alpha value is -1.49. The summed E-state index contributed by atoms with van der Waals surface area (Å²) in [4.78, 5) is 4.24. The van der Waals surface area contributed by atoms with Gasteiger partial charge in [0.1, 0.15) is 5.69 Å². The standard InChI is InChI=1S/C9H10N4S/c1-10-9-8(12-14-13-9)6-7-4-2-3-5-11-7/h2-5H,6H2,1H3,(H,10,13). The van der Waals surface area contributed by atoms with Gasteiger partial charge in [0, 0.05) is 25.4 Å². The molecule has 0 aromatic carbocycles. The number of aromatic nitrogens is 3. The predicted octanol–water partition coefficient (Wildman–Crippen LogP) is 1.57. The van der Waals surface area contributed by atoms with Crippen molar-refractivity contribution in [1.82, 2.24) is 13.7 Å². The Morgan fingerprint density at radius 2 is 2.29 bits per heavy atom. The van der Waals surface area contributed by atoms with Gasteiger partial charge >= 0.3 is 0 Å². The van der Waals surface area contributed by atoms with Gasteiger partial charge in [0.05, 0.1) is 11.7 Å². The van der Waals surface area contributed by atoms with Crippen LogP contribution in [0, 0.1) is 0 Å². The van der Waals surface area contributed by atoms with E-state index in [1.54, 1.807) is 6.20 Å². The first-order valence-electron chi connectivity index (χ1n) is 4.29. The molecule has 14 heavy (non-hydrogen) atoms. The third kappa shape index (κ3) is 1.88. The zero-order valence-corrected chi connectivity index (χ0v) is 8.58. The zero-order chi connectivity index (χ0) is 9.80. The Morgan fingerprint density at radius 1 is 1.36 bits per heavy atom. The lowest BCUT2D eigenvalue weighted by molar-refractivity contribution is 1.04. The Labute approximate surface area is 86.3 Å². The van der Waals surface area contributed by atoms with Gasteiger partial charge in [-0.15, -0.1) is 0 Å². The first-order valence-corrected chi connectivity index (χ1v) is 5.02. The molecule has 0 atom stereocenters. The summed E-state index contributed by atoms with van der Waals surface area (Å²) >= 11 is 1.22. The molecule has 0 spiro atoms. The van der Waals surface area contributed by atoms with Crippen molar-refractivity contribution in [3.05, 3.63) is 35.8 Å². The lowest BCUT2D eigenvalue weighted by atomic mass is 10.2. The minimum Gasteiger partial charge on any atom is -0.371 e. The second-order valence-corrected chi connectivity index (χ2v) is 3.34. The monoisotopic (exact) mass is 206 g/mol. The maximum atomic E-state index is 4.24. The molecule has 0 aliphatic heterocycles. The SMILES string of the molecule is CNc1nsnc1Cc1ccccn1. The van der Waals surface area contributed by atoms with Gasteiger partial charge in [-0.25, -0.2) is 0 Å². The van der Waals surface area contributed by atoms with Gasteiger partial charge in [0.2, 0.25) is 0 Å². The highest BCUT2D eigenvalue weighted by atomic mass is 32.1. The quantitative estimate of drug-likeness (QED) is 0.828. The van der Waals surface area contributed by atoms with Gasteiger partial charge in [-0.3, -0.25) is 4.98 Å². The van der Waals surface area contributed by atoms with Gasteiger partial charge in [-0.05, 0) is 12.1 Å². The summed E-state index contributed by atoms with van der Waals surface area (Å²) in [5.41, 5.74) is 1.97. The highest BCUT2D eigenvalue weighted by Gasteiger charge is 2.06. The van der Waals surface area contributed by atoms with Crippen LogP contribution >= 0.6 is 11.7 Å². The van der Waals surface area contributed by atoms with E-state index >= 15 is 0 Å². The third-order valence-corrected chi connectivity index (χ3v) is 2.43. The van der Waals surface area contributed by atoms with E-state index in [4.69, 9.17) is 0 Å². The molecular weight excluding hydrogens is 196 g/mol. The normalized spacial score (nSPS) is 10.1. The molecule has 0 aliphatic carbocycles. The smallest absolute Gasteiger partial charge is 0.163 e. The van der Waals surface area contributed by atoms with E-state index < -0.39 is 0 Å². The van der Waals surface area contributed by atoms with Crippen molar-refractivity contribution in [2.24, 2.45) is 0 Å². The highest BCUT2D eigenvalue weighted by molar-refractivity contribution is 6.99. The predicted molar refractivity (Wildman–Crippen MR) is 56.5 cm³/mol. The van der Waals surface area contributed by atoms with Gasteiger partial charge in [0.25, 0.3) is 0 Å². The van der Waals surface area contributed by atoms with Crippen molar-refractivity contribution in [2.75, 3.05) is 12.4 Å². The number of hydrogen-bond acceptors (Lipinski definition) is 5. The molecule has 0 bridgehead atoms. The average molecular weight is 206 g/mol. The molecule has 5 heteroatoms. The van der Waals surface area contributed by atoms with E-state index in [0.717, 1.165) is 23.6 Å². The minimum absolute atomic E-state index is 0.730. The van der Waals surface area contributed by atoms with Crippen LogP contribution in [0.1, 0.15) is 11.4 Å². The van der Waals surface area contributed by atoms with Crippen LogP contribution in [-0.4, -0.2) is 20.8 Å². The highest BCUT2D eigenvalue weighted by Crippen LogP contribution is 2.14. The lowest BCUT2D eigenvalue weighted by Crippen LogP contribution is -1.97. The number of pyridine rings is 1. The topological polar surface area (TPSA) is 50.7 Å². The number of nitrogens with zero attached hydrogens (tertiary/aromatic N) is 3. The van der Waals surface area contributed by atoms with E-state index in [2.05, 4.69) is 19.0 Å². The van der Waals surface area contributed by atoms with Crippen molar-refractivity contribution in [3.8, 4) is 0 Å². The second kappa shape index (κ2) is 4.15. The molecule has 2 heterocycles. The van der Waals surface area contributed by atoms with Crippen LogP contribution in [0.15, 0.2) is 24.4 Å². The van der Waals surface area contributed by atoms with Gasteiger partial charge < -0.3 is 5.32 Å².